The normalized spacial score (nSPS) is 16.9. The molecule has 0 amide bonds. The SMILES string of the molecule is CN(CC1CCCCC1)c1nc(N)nc2[nH]ncc12. The van der Waals surface area contributed by atoms with Crippen LogP contribution in [0.4, 0.5) is 11.8 Å². The predicted octanol–water partition coefficient (Wildman–Crippen LogP) is 1.95. The average Bonchev–Trinajstić information content (AvgIpc) is 2.86. The van der Waals surface area contributed by atoms with Crippen LogP contribution in [0.3, 0.4) is 0 Å². The molecule has 0 aromatic carbocycles. The molecule has 102 valence electrons. The molecule has 0 unspecified atom stereocenters. The van der Waals surface area contributed by atoms with Gasteiger partial charge >= 0.3 is 0 Å². The fourth-order valence-electron chi connectivity index (χ4n) is 2.97. The van der Waals surface area contributed by atoms with E-state index >= 15 is 0 Å². The Kier molecular flexibility index (Phi) is 3.23. The van der Waals surface area contributed by atoms with Crippen LogP contribution in [-0.4, -0.2) is 33.8 Å². The summed E-state index contributed by atoms with van der Waals surface area (Å²) in [4.78, 5) is 10.7. The van der Waals surface area contributed by atoms with Gasteiger partial charge in [-0.3, -0.25) is 5.10 Å². The standard InChI is InChI=1S/C13H20N6/c1-19(8-9-5-3-2-4-6-9)12-10-7-15-18-11(10)16-13(14)17-12/h7,9H,2-6,8H2,1H3,(H3,14,15,16,17,18). The summed E-state index contributed by atoms with van der Waals surface area (Å²) in [6, 6.07) is 0. The van der Waals surface area contributed by atoms with E-state index in [0.29, 0.717) is 11.6 Å². The lowest BCUT2D eigenvalue weighted by atomic mass is 9.89. The molecule has 0 saturated heterocycles. The molecule has 2 heterocycles. The summed E-state index contributed by atoms with van der Waals surface area (Å²) >= 11 is 0. The van der Waals surface area contributed by atoms with Gasteiger partial charge in [0.1, 0.15) is 5.82 Å². The molecule has 1 aliphatic rings. The van der Waals surface area contributed by atoms with Crippen molar-refractivity contribution in [2.45, 2.75) is 32.1 Å². The van der Waals surface area contributed by atoms with Crippen molar-refractivity contribution in [1.82, 2.24) is 20.2 Å². The summed E-state index contributed by atoms with van der Waals surface area (Å²) in [5, 5.41) is 7.81. The molecular formula is C13H20N6. The Labute approximate surface area is 112 Å². The number of hydrogen-bond donors (Lipinski definition) is 2. The maximum absolute atomic E-state index is 5.76. The van der Waals surface area contributed by atoms with Crippen LogP contribution in [0, 0.1) is 5.92 Å². The van der Waals surface area contributed by atoms with Gasteiger partial charge < -0.3 is 10.6 Å². The lowest BCUT2D eigenvalue weighted by Gasteiger charge is -2.27. The highest BCUT2D eigenvalue weighted by atomic mass is 15.2. The number of aromatic amines is 1. The first-order valence-corrected chi connectivity index (χ1v) is 6.92. The summed E-state index contributed by atoms with van der Waals surface area (Å²) in [6.07, 6.45) is 8.49. The fourth-order valence-corrected chi connectivity index (χ4v) is 2.97. The van der Waals surface area contributed by atoms with Crippen molar-refractivity contribution >= 4 is 22.8 Å². The minimum atomic E-state index is 0.294. The number of rotatable bonds is 3. The maximum atomic E-state index is 5.76. The average molecular weight is 260 g/mol. The molecule has 1 fully saturated rings. The van der Waals surface area contributed by atoms with Gasteiger partial charge in [-0.2, -0.15) is 15.1 Å². The largest absolute Gasteiger partial charge is 0.368 e. The molecule has 2 aromatic rings. The van der Waals surface area contributed by atoms with Crippen molar-refractivity contribution in [2.24, 2.45) is 5.92 Å². The van der Waals surface area contributed by atoms with Crippen molar-refractivity contribution in [1.29, 1.82) is 0 Å². The molecule has 3 rings (SSSR count). The van der Waals surface area contributed by atoms with E-state index in [9.17, 15) is 0 Å². The van der Waals surface area contributed by atoms with Crippen LogP contribution in [0.1, 0.15) is 32.1 Å². The number of hydrogen-bond acceptors (Lipinski definition) is 5. The van der Waals surface area contributed by atoms with Crippen molar-refractivity contribution in [2.75, 3.05) is 24.2 Å². The lowest BCUT2D eigenvalue weighted by molar-refractivity contribution is 0.362. The first-order chi connectivity index (χ1) is 9.24. The number of H-pyrrole nitrogens is 1. The highest BCUT2D eigenvalue weighted by molar-refractivity contribution is 5.87. The van der Waals surface area contributed by atoms with Gasteiger partial charge in [0.05, 0.1) is 11.6 Å². The summed E-state index contributed by atoms with van der Waals surface area (Å²) in [5.74, 6) is 1.93. The predicted molar refractivity (Wildman–Crippen MR) is 75.9 cm³/mol. The highest BCUT2D eigenvalue weighted by Crippen LogP contribution is 2.27. The first kappa shape index (κ1) is 12.2. The van der Waals surface area contributed by atoms with E-state index in [2.05, 4.69) is 32.1 Å². The number of anilines is 2. The summed E-state index contributed by atoms with van der Waals surface area (Å²) in [6.45, 7) is 1.02. The van der Waals surface area contributed by atoms with Gasteiger partial charge in [-0.05, 0) is 18.8 Å². The third-order valence-electron chi connectivity index (χ3n) is 3.93. The molecule has 0 aliphatic heterocycles. The van der Waals surface area contributed by atoms with E-state index < -0.39 is 0 Å². The second kappa shape index (κ2) is 5.03. The fraction of sp³-hybridized carbons (Fsp3) is 0.615. The zero-order chi connectivity index (χ0) is 13.2. The Bertz CT molecular complexity index is 557. The zero-order valence-corrected chi connectivity index (χ0v) is 11.3. The van der Waals surface area contributed by atoms with Gasteiger partial charge in [-0.25, -0.2) is 0 Å². The van der Waals surface area contributed by atoms with Crippen LogP contribution in [0.25, 0.3) is 11.0 Å². The van der Waals surface area contributed by atoms with Crippen LogP contribution in [0.5, 0.6) is 0 Å². The molecule has 0 bridgehead atoms. The molecule has 3 N–H and O–H groups in total. The summed E-state index contributed by atoms with van der Waals surface area (Å²) < 4.78 is 0. The van der Waals surface area contributed by atoms with E-state index in [-0.39, 0.29) is 0 Å². The van der Waals surface area contributed by atoms with Gasteiger partial charge in [-0.1, -0.05) is 19.3 Å². The van der Waals surface area contributed by atoms with Gasteiger partial charge in [-0.15, -0.1) is 0 Å². The molecular weight excluding hydrogens is 240 g/mol. The number of nitrogen functional groups attached to an aromatic ring is 1. The second-order valence-electron chi connectivity index (χ2n) is 5.42. The van der Waals surface area contributed by atoms with E-state index in [1.807, 2.05) is 0 Å². The number of fused-ring (bicyclic) bond motifs is 1. The minimum Gasteiger partial charge on any atom is -0.368 e. The van der Waals surface area contributed by atoms with Gasteiger partial charge in [0.25, 0.3) is 0 Å². The monoisotopic (exact) mass is 260 g/mol. The molecule has 2 aromatic heterocycles. The number of nitrogens with two attached hydrogens (primary N) is 1. The maximum Gasteiger partial charge on any atom is 0.224 e. The molecule has 0 atom stereocenters. The Morgan fingerprint density at radius 2 is 2.11 bits per heavy atom. The topological polar surface area (TPSA) is 83.7 Å². The quantitative estimate of drug-likeness (QED) is 0.881. The van der Waals surface area contributed by atoms with E-state index in [4.69, 9.17) is 5.73 Å². The van der Waals surface area contributed by atoms with Gasteiger partial charge in [0.2, 0.25) is 5.95 Å². The smallest absolute Gasteiger partial charge is 0.224 e. The minimum absolute atomic E-state index is 0.294. The molecule has 1 aliphatic carbocycles. The van der Waals surface area contributed by atoms with Crippen LogP contribution >= 0.6 is 0 Å². The molecule has 1 saturated carbocycles. The Morgan fingerprint density at radius 1 is 1.32 bits per heavy atom. The Hall–Kier alpha value is -1.85. The third-order valence-corrected chi connectivity index (χ3v) is 3.93. The van der Waals surface area contributed by atoms with E-state index in [0.717, 1.165) is 23.7 Å². The van der Waals surface area contributed by atoms with E-state index in [1.54, 1.807) is 6.20 Å². The third kappa shape index (κ3) is 2.47. The number of aromatic nitrogens is 4. The Balaban J connectivity index is 1.83. The van der Waals surface area contributed by atoms with Crippen molar-refractivity contribution in [3.63, 3.8) is 0 Å². The van der Waals surface area contributed by atoms with Crippen LogP contribution in [0.2, 0.25) is 0 Å². The van der Waals surface area contributed by atoms with Crippen molar-refractivity contribution in [3.05, 3.63) is 6.20 Å². The van der Waals surface area contributed by atoms with Gasteiger partial charge in [0.15, 0.2) is 5.65 Å². The summed E-state index contributed by atoms with van der Waals surface area (Å²) in [5.41, 5.74) is 6.46. The molecule has 6 nitrogen and oxygen atoms in total. The first-order valence-electron chi connectivity index (χ1n) is 6.92. The number of nitrogens with one attached hydrogen (secondary N) is 1. The molecule has 0 spiro atoms. The van der Waals surface area contributed by atoms with Crippen LogP contribution < -0.4 is 10.6 Å². The van der Waals surface area contributed by atoms with Gasteiger partial charge in [0, 0.05) is 13.6 Å². The molecule has 0 radical (unpaired) electrons. The zero-order valence-electron chi connectivity index (χ0n) is 11.3. The van der Waals surface area contributed by atoms with Crippen LogP contribution in [0.15, 0.2) is 6.20 Å². The second-order valence-corrected chi connectivity index (χ2v) is 5.42. The van der Waals surface area contributed by atoms with Crippen molar-refractivity contribution in [3.8, 4) is 0 Å². The molecule has 19 heavy (non-hydrogen) atoms. The summed E-state index contributed by atoms with van der Waals surface area (Å²) in [7, 11) is 2.07. The highest BCUT2D eigenvalue weighted by Gasteiger charge is 2.18. The lowest BCUT2D eigenvalue weighted by Crippen LogP contribution is -2.27. The number of nitrogens with zero attached hydrogens (tertiary/aromatic N) is 4. The molecule has 6 heteroatoms. The van der Waals surface area contributed by atoms with E-state index in [1.165, 1.54) is 32.1 Å². The Morgan fingerprint density at radius 3 is 2.89 bits per heavy atom. The van der Waals surface area contributed by atoms with Crippen LogP contribution in [-0.2, 0) is 0 Å². The van der Waals surface area contributed by atoms with Crippen molar-refractivity contribution < 1.29 is 0 Å².